The maximum atomic E-state index is 12.4. The summed E-state index contributed by atoms with van der Waals surface area (Å²) in [5.74, 6) is 0.564. The van der Waals surface area contributed by atoms with Gasteiger partial charge in [-0.3, -0.25) is 14.5 Å². The molecule has 0 spiro atoms. The molecule has 2 saturated heterocycles. The second kappa shape index (κ2) is 7.44. The van der Waals surface area contributed by atoms with E-state index in [1.54, 1.807) is 0 Å². The molecule has 1 N–H and O–H groups in total. The molecule has 5 nitrogen and oxygen atoms in total. The third-order valence-corrected chi connectivity index (χ3v) is 5.38. The summed E-state index contributed by atoms with van der Waals surface area (Å²) < 4.78 is 0. The minimum atomic E-state index is 0.112. The zero-order valence-corrected chi connectivity index (χ0v) is 13.6. The highest BCUT2D eigenvalue weighted by Gasteiger charge is 2.33. The van der Waals surface area contributed by atoms with Gasteiger partial charge in [0.2, 0.25) is 11.8 Å². The highest BCUT2D eigenvalue weighted by molar-refractivity contribution is 5.80. The molecule has 3 aliphatic rings. The first-order valence-corrected chi connectivity index (χ1v) is 9.03. The smallest absolute Gasteiger partial charge is 0.234 e. The van der Waals surface area contributed by atoms with Crippen molar-refractivity contribution in [2.75, 3.05) is 32.7 Å². The van der Waals surface area contributed by atoms with E-state index >= 15 is 0 Å². The van der Waals surface area contributed by atoms with E-state index in [0.29, 0.717) is 18.5 Å². The van der Waals surface area contributed by atoms with E-state index in [4.69, 9.17) is 0 Å². The van der Waals surface area contributed by atoms with Crippen LogP contribution in [-0.2, 0) is 9.59 Å². The van der Waals surface area contributed by atoms with E-state index in [2.05, 4.69) is 10.2 Å². The number of likely N-dealkylation sites (tertiary alicyclic amines) is 2. The molecule has 22 heavy (non-hydrogen) atoms. The van der Waals surface area contributed by atoms with Crippen LogP contribution in [0.25, 0.3) is 0 Å². The summed E-state index contributed by atoms with van der Waals surface area (Å²) in [5, 5.41) is 3.17. The molecule has 0 bridgehead atoms. The van der Waals surface area contributed by atoms with Crippen molar-refractivity contribution in [2.45, 2.75) is 57.4 Å². The Labute approximate surface area is 133 Å². The molecule has 2 amide bonds. The molecule has 1 saturated carbocycles. The molecule has 0 aromatic heterocycles. The molecular weight excluding hydrogens is 278 g/mol. The van der Waals surface area contributed by atoms with Gasteiger partial charge in [-0.05, 0) is 38.6 Å². The van der Waals surface area contributed by atoms with Crippen LogP contribution in [0.3, 0.4) is 0 Å². The first-order valence-electron chi connectivity index (χ1n) is 9.03. The van der Waals surface area contributed by atoms with Crippen molar-refractivity contribution < 1.29 is 9.59 Å². The Kier molecular flexibility index (Phi) is 5.34. The van der Waals surface area contributed by atoms with Crippen molar-refractivity contribution in [1.29, 1.82) is 0 Å². The van der Waals surface area contributed by atoms with Crippen LogP contribution in [0.4, 0.5) is 0 Å². The van der Waals surface area contributed by atoms with Crippen molar-refractivity contribution in [3.8, 4) is 0 Å². The monoisotopic (exact) mass is 307 g/mol. The fourth-order valence-electron chi connectivity index (χ4n) is 4.10. The fourth-order valence-corrected chi connectivity index (χ4v) is 4.10. The third kappa shape index (κ3) is 4.00. The topological polar surface area (TPSA) is 52.7 Å². The lowest BCUT2D eigenvalue weighted by Gasteiger charge is -2.24. The summed E-state index contributed by atoms with van der Waals surface area (Å²) in [6, 6.07) is 0.380. The summed E-state index contributed by atoms with van der Waals surface area (Å²) in [6.45, 7) is 3.95. The van der Waals surface area contributed by atoms with E-state index in [9.17, 15) is 9.59 Å². The Morgan fingerprint density at radius 1 is 0.909 bits per heavy atom. The van der Waals surface area contributed by atoms with Gasteiger partial charge < -0.3 is 10.2 Å². The molecule has 1 unspecified atom stereocenters. The van der Waals surface area contributed by atoms with E-state index in [-0.39, 0.29) is 11.8 Å². The quantitative estimate of drug-likeness (QED) is 0.854. The molecule has 124 valence electrons. The van der Waals surface area contributed by atoms with Crippen molar-refractivity contribution in [3.05, 3.63) is 0 Å². The fraction of sp³-hybridized carbons (Fsp3) is 0.882. The average molecular weight is 307 g/mol. The van der Waals surface area contributed by atoms with Crippen LogP contribution >= 0.6 is 0 Å². The highest BCUT2D eigenvalue weighted by Crippen LogP contribution is 2.21. The number of nitrogens with zero attached hydrogens (tertiary/aromatic N) is 2. The molecule has 5 heteroatoms. The maximum Gasteiger partial charge on any atom is 0.234 e. The Balaban J connectivity index is 1.40. The standard InChI is InChI=1S/C17H29N3O2/c21-16(18-15-6-2-1-3-7-15)13-19-11-8-14(12-19)17(22)20-9-4-5-10-20/h14-15H,1-13H2,(H,18,21). The van der Waals surface area contributed by atoms with E-state index < -0.39 is 0 Å². The molecular formula is C17H29N3O2. The van der Waals surface area contributed by atoms with Crippen LogP contribution in [0.5, 0.6) is 0 Å². The summed E-state index contributed by atoms with van der Waals surface area (Å²) in [5.41, 5.74) is 0. The van der Waals surface area contributed by atoms with Crippen molar-refractivity contribution >= 4 is 11.8 Å². The Hall–Kier alpha value is -1.10. The van der Waals surface area contributed by atoms with Crippen LogP contribution in [0.15, 0.2) is 0 Å². The molecule has 0 aromatic carbocycles. The van der Waals surface area contributed by atoms with Gasteiger partial charge in [0.15, 0.2) is 0 Å². The molecule has 1 aliphatic carbocycles. The van der Waals surface area contributed by atoms with Crippen molar-refractivity contribution in [3.63, 3.8) is 0 Å². The number of nitrogens with one attached hydrogen (secondary N) is 1. The van der Waals surface area contributed by atoms with Crippen LogP contribution in [0, 0.1) is 5.92 Å². The van der Waals surface area contributed by atoms with Crippen LogP contribution < -0.4 is 5.32 Å². The highest BCUT2D eigenvalue weighted by atomic mass is 16.2. The Bertz CT molecular complexity index is 401. The Morgan fingerprint density at radius 2 is 1.64 bits per heavy atom. The number of hydrogen-bond donors (Lipinski definition) is 1. The average Bonchev–Trinajstić information content (AvgIpc) is 3.19. The van der Waals surface area contributed by atoms with Gasteiger partial charge in [0.05, 0.1) is 12.5 Å². The SMILES string of the molecule is O=C(CN1CCC(C(=O)N2CCCC2)C1)NC1CCCCC1. The maximum absolute atomic E-state index is 12.4. The van der Waals surface area contributed by atoms with Gasteiger partial charge in [-0.2, -0.15) is 0 Å². The van der Waals surface area contributed by atoms with Gasteiger partial charge in [0, 0.05) is 25.7 Å². The summed E-state index contributed by atoms with van der Waals surface area (Å²) in [7, 11) is 0. The minimum Gasteiger partial charge on any atom is -0.352 e. The Morgan fingerprint density at radius 3 is 2.36 bits per heavy atom. The summed E-state index contributed by atoms with van der Waals surface area (Å²) in [6.07, 6.45) is 9.23. The zero-order chi connectivity index (χ0) is 15.4. The van der Waals surface area contributed by atoms with E-state index in [0.717, 1.165) is 58.3 Å². The van der Waals surface area contributed by atoms with E-state index in [1.165, 1.54) is 19.3 Å². The normalized spacial score (nSPS) is 27.3. The van der Waals surface area contributed by atoms with Crippen molar-refractivity contribution in [2.24, 2.45) is 5.92 Å². The number of rotatable bonds is 4. The van der Waals surface area contributed by atoms with Crippen LogP contribution in [-0.4, -0.2) is 60.4 Å². The molecule has 3 fully saturated rings. The van der Waals surface area contributed by atoms with Gasteiger partial charge in [0.1, 0.15) is 0 Å². The molecule has 2 aliphatic heterocycles. The largest absolute Gasteiger partial charge is 0.352 e. The van der Waals surface area contributed by atoms with Gasteiger partial charge in [-0.1, -0.05) is 19.3 Å². The molecule has 1 atom stereocenters. The number of carbonyl (C=O) groups is 2. The van der Waals surface area contributed by atoms with Crippen molar-refractivity contribution in [1.82, 2.24) is 15.1 Å². The first kappa shape index (κ1) is 15.8. The van der Waals surface area contributed by atoms with Gasteiger partial charge in [0.25, 0.3) is 0 Å². The number of amides is 2. The molecule has 0 aromatic rings. The second-order valence-corrected chi connectivity index (χ2v) is 7.16. The lowest BCUT2D eigenvalue weighted by molar-refractivity contribution is -0.134. The van der Waals surface area contributed by atoms with Gasteiger partial charge in [-0.25, -0.2) is 0 Å². The van der Waals surface area contributed by atoms with E-state index in [1.807, 2.05) is 4.90 Å². The predicted octanol–water partition coefficient (Wildman–Crippen LogP) is 1.38. The summed E-state index contributed by atoms with van der Waals surface area (Å²) >= 11 is 0. The van der Waals surface area contributed by atoms with Gasteiger partial charge in [-0.15, -0.1) is 0 Å². The van der Waals surface area contributed by atoms with Crippen LogP contribution in [0.1, 0.15) is 51.4 Å². The molecule has 0 radical (unpaired) electrons. The lowest BCUT2D eigenvalue weighted by atomic mass is 9.95. The zero-order valence-electron chi connectivity index (χ0n) is 13.6. The van der Waals surface area contributed by atoms with Gasteiger partial charge >= 0.3 is 0 Å². The molecule has 2 heterocycles. The minimum absolute atomic E-state index is 0.112. The lowest BCUT2D eigenvalue weighted by Crippen LogP contribution is -2.42. The summed E-state index contributed by atoms with van der Waals surface area (Å²) in [4.78, 5) is 28.7. The van der Waals surface area contributed by atoms with Crippen LogP contribution in [0.2, 0.25) is 0 Å². The first-order chi connectivity index (χ1) is 10.7. The second-order valence-electron chi connectivity index (χ2n) is 7.16. The number of hydrogen-bond acceptors (Lipinski definition) is 3. The molecule has 3 rings (SSSR count). The number of carbonyl (C=O) groups excluding carboxylic acids is 2. The predicted molar refractivity (Wildman–Crippen MR) is 85.4 cm³/mol. The third-order valence-electron chi connectivity index (χ3n) is 5.38.